The second-order valence-electron chi connectivity index (χ2n) is 6.57. The first-order valence-corrected chi connectivity index (χ1v) is 8.76. The van der Waals surface area contributed by atoms with E-state index in [1.165, 1.54) is 0 Å². The first-order valence-electron chi connectivity index (χ1n) is 8.76. The predicted octanol–water partition coefficient (Wildman–Crippen LogP) is 1.84. The van der Waals surface area contributed by atoms with E-state index in [1.807, 2.05) is 30.0 Å². The molecule has 2 saturated heterocycles. The first kappa shape index (κ1) is 15.8. The molecule has 2 aliphatic heterocycles. The summed E-state index contributed by atoms with van der Waals surface area (Å²) in [5.74, 6) is 1.70. The summed E-state index contributed by atoms with van der Waals surface area (Å²) in [7, 11) is 0. The number of hydrogen-bond acceptors (Lipinski definition) is 5. The zero-order chi connectivity index (χ0) is 17.2. The number of amides is 2. The van der Waals surface area contributed by atoms with Gasteiger partial charge in [-0.15, -0.1) is 0 Å². The molecule has 0 atom stereocenters. The first-order chi connectivity index (χ1) is 12.2. The zero-order valence-corrected chi connectivity index (χ0v) is 14.4. The van der Waals surface area contributed by atoms with E-state index in [0.29, 0.717) is 6.04 Å². The van der Waals surface area contributed by atoms with Crippen molar-refractivity contribution in [3.05, 3.63) is 36.3 Å². The van der Waals surface area contributed by atoms with E-state index in [1.54, 1.807) is 12.4 Å². The SMILES string of the molecule is Cc1cc(N2CCC(N3CCNC3=O)CC2)nc(-c2ccncc2)n1. The third-order valence-electron chi connectivity index (χ3n) is 4.90. The minimum absolute atomic E-state index is 0.0799. The molecule has 0 bridgehead atoms. The van der Waals surface area contributed by atoms with Crippen molar-refractivity contribution in [2.45, 2.75) is 25.8 Å². The predicted molar refractivity (Wildman–Crippen MR) is 95.3 cm³/mol. The molecule has 2 aromatic heterocycles. The Hall–Kier alpha value is -2.70. The highest BCUT2D eigenvalue weighted by atomic mass is 16.2. The summed E-state index contributed by atoms with van der Waals surface area (Å²) in [6, 6.07) is 6.30. The van der Waals surface area contributed by atoms with Crippen LogP contribution in [0.15, 0.2) is 30.6 Å². The van der Waals surface area contributed by atoms with Gasteiger partial charge in [0.2, 0.25) is 0 Å². The topological polar surface area (TPSA) is 74.2 Å². The van der Waals surface area contributed by atoms with E-state index in [2.05, 4.69) is 20.2 Å². The van der Waals surface area contributed by atoms with Gasteiger partial charge in [0.1, 0.15) is 5.82 Å². The number of urea groups is 1. The number of piperidine rings is 1. The average molecular weight is 338 g/mol. The van der Waals surface area contributed by atoms with Crippen molar-refractivity contribution in [2.24, 2.45) is 0 Å². The molecular formula is C18H22N6O. The molecule has 0 saturated carbocycles. The molecule has 7 nitrogen and oxygen atoms in total. The Bertz CT molecular complexity index is 757. The second-order valence-corrected chi connectivity index (χ2v) is 6.57. The number of aromatic nitrogens is 3. The largest absolute Gasteiger partial charge is 0.356 e. The number of nitrogens with zero attached hydrogens (tertiary/aromatic N) is 5. The summed E-state index contributed by atoms with van der Waals surface area (Å²) in [5.41, 5.74) is 1.93. The lowest BCUT2D eigenvalue weighted by molar-refractivity contribution is 0.186. The van der Waals surface area contributed by atoms with Gasteiger partial charge in [-0.25, -0.2) is 14.8 Å². The molecular weight excluding hydrogens is 316 g/mol. The Morgan fingerprint density at radius 3 is 2.56 bits per heavy atom. The van der Waals surface area contributed by atoms with Crippen LogP contribution in [-0.4, -0.2) is 58.1 Å². The number of carbonyl (C=O) groups is 1. The third-order valence-corrected chi connectivity index (χ3v) is 4.90. The monoisotopic (exact) mass is 338 g/mol. The lowest BCUT2D eigenvalue weighted by Crippen LogP contribution is -2.46. The molecule has 2 aromatic rings. The highest BCUT2D eigenvalue weighted by molar-refractivity contribution is 5.76. The Kier molecular flexibility index (Phi) is 4.21. The van der Waals surface area contributed by atoms with Crippen molar-refractivity contribution in [3.8, 4) is 11.4 Å². The number of aryl methyl sites for hydroxylation is 1. The number of nitrogens with one attached hydrogen (secondary N) is 1. The van der Waals surface area contributed by atoms with Crippen LogP contribution in [0.2, 0.25) is 0 Å². The maximum absolute atomic E-state index is 11.8. The fourth-order valence-electron chi connectivity index (χ4n) is 3.59. The van der Waals surface area contributed by atoms with Crippen molar-refractivity contribution in [1.82, 2.24) is 25.2 Å². The van der Waals surface area contributed by atoms with Gasteiger partial charge in [0.05, 0.1) is 0 Å². The molecule has 0 spiro atoms. The number of hydrogen-bond donors (Lipinski definition) is 1. The van der Waals surface area contributed by atoms with Crippen molar-refractivity contribution in [3.63, 3.8) is 0 Å². The minimum atomic E-state index is 0.0799. The molecule has 2 amide bonds. The highest BCUT2D eigenvalue weighted by Crippen LogP contribution is 2.24. The van der Waals surface area contributed by atoms with E-state index < -0.39 is 0 Å². The van der Waals surface area contributed by atoms with Gasteiger partial charge >= 0.3 is 6.03 Å². The van der Waals surface area contributed by atoms with E-state index >= 15 is 0 Å². The van der Waals surface area contributed by atoms with Gasteiger partial charge in [0.15, 0.2) is 5.82 Å². The van der Waals surface area contributed by atoms with E-state index in [4.69, 9.17) is 4.98 Å². The van der Waals surface area contributed by atoms with E-state index in [0.717, 1.165) is 61.9 Å². The molecule has 2 fully saturated rings. The van der Waals surface area contributed by atoms with Crippen LogP contribution in [0.4, 0.5) is 10.6 Å². The number of rotatable bonds is 3. The molecule has 0 unspecified atom stereocenters. The summed E-state index contributed by atoms with van der Waals surface area (Å²) in [6.45, 7) is 5.39. The van der Waals surface area contributed by atoms with Gasteiger partial charge < -0.3 is 15.1 Å². The van der Waals surface area contributed by atoms with Crippen LogP contribution in [-0.2, 0) is 0 Å². The molecule has 130 valence electrons. The van der Waals surface area contributed by atoms with E-state index in [9.17, 15) is 4.79 Å². The van der Waals surface area contributed by atoms with Gasteiger partial charge in [-0.2, -0.15) is 0 Å². The van der Waals surface area contributed by atoms with Crippen molar-refractivity contribution in [2.75, 3.05) is 31.1 Å². The highest BCUT2D eigenvalue weighted by Gasteiger charge is 2.31. The maximum Gasteiger partial charge on any atom is 0.317 e. The Balaban J connectivity index is 1.49. The number of carbonyl (C=O) groups excluding carboxylic acids is 1. The number of anilines is 1. The quantitative estimate of drug-likeness (QED) is 0.924. The second kappa shape index (κ2) is 6.66. The van der Waals surface area contributed by atoms with Crippen LogP contribution in [0.25, 0.3) is 11.4 Å². The molecule has 1 N–H and O–H groups in total. The van der Waals surface area contributed by atoms with Gasteiger partial charge in [-0.3, -0.25) is 4.98 Å². The zero-order valence-electron chi connectivity index (χ0n) is 14.4. The fourth-order valence-corrected chi connectivity index (χ4v) is 3.59. The van der Waals surface area contributed by atoms with Gasteiger partial charge in [-0.05, 0) is 31.9 Å². The lowest BCUT2D eigenvalue weighted by atomic mass is 10.0. The smallest absolute Gasteiger partial charge is 0.317 e. The van der Waals surface area contributed by atoms with Gasteiger partial charge in [-0.1, -0.05) is 0 Å². The van der Waals surface area contributed by atoms with Crippen molar-refractivity contribution < 1.29 is 4.79 Å². The summed E-state index contributed by atoms with van der Waals surface area (Å²) in [5, 5.41) is 2.89. The molecule has 2 aliphatic rings. The standard InChI is InChI=1S/C18H22N6O/c1-13-12-16(22-17(21-13)14-2-6-19-7-3-14)23-9-4-15(5-10-23)24-11-8-20-18(24)25/h2-3,6-7,12,15H,4-5,8-11H2,1H3,(H,20,25). The average Bonchev–Trinajstić information content (AvgIpc) is 3.08. The summed E-state index contributed by atoms with van der Waals surface area (Å²) < 4.78 is 0. The molecule has 0 radical (unpaired) electrons. The molecule has 0 aliphatic carbocycles. The van der Waals surface area contributed by atoms with Crippen molar-refractivity contribution in [1.29, 1.82) is 0 Å². The van der Waals surface area contributed by atoms with Crippen LogP contribution in [0.5, 0.6) is 0 Å². The number of pyridine rings is 1. The lowest BCUT2D eigenvalue weighted by Gasteiger charge is -2.36. The van der Waals surface area contributed by atoms with Crippen LogP contribution < -0.4 is 10.2 Å². The Morgan fingerprint density at radius 1 is 1.12 bits per heavy atom. The van der Waals surface area contributed by atoms with Gasteiger partial charge in [0, 0.05) is 61.9 Å². The van der Waals surface area contributed by atoms with Gasteiger partial charge in [0.25, 0.3) is 0 Å². The van der Waals surface area contributed by atoms with Crippen LogP contribution in [0.3, 0.4) is 0 Å². The Morgan fingerprint density at radius 2 is 1.88 bits per heavy atom. The molecule has 25 heavy (non-hydrogen) atoms. The van der Waals surface area contributed by atoms with E-state index in [-0.39, 0.29) is 6.03 Å². The molecule has 4 rings (SSSR count). The maximum atomic E-state index is 11.8. The Labute approximate surface area is 147 Å². The van der Waals surface area contributed by atoms with Crippen molar-refractivity contribution >= 4 is 11.8 Å². The van der Waals surface area contributed by atoms with Crippen LogP contribution in [0, 0.1) is 6.92 Å². The fraction of sp³-hybridized carbons (Fsp3) is 0.444. The normalized spacial score (nSPS) is 18.5. The summed E-state index contributed by atoms with van der Waals surface area (Å²) >= 11 is 0. The van der Waals surface area contributed by atoms with Crippen LogP contribution in [0.1, 0.15) is 18.5 Å². The summed E-state index contributed by atoms with van der Waals surface area (Å²) in [6.07, 6.45) is 5.46. The molecule has 4 heterocycles. The summed E-state index contributed by atoms with van der Waals surface area (Å²) in [4.78, 5) is 29.5. The third kappa shape index (κ3) is 3.26. The van der Waals surface area contributed by atoms with Crippen LogP contribution >= 0.6 is 0 Å². The minimum Gasteiger partial charge on any atom is -0.356 e. The molecule has 7 heteroatoms. The molecule has 0 aromatic carbocycles.